The fourth-order valence-corrected chi connectivity index (χ4v) is 2.46. The van der Waals surface area contributed by atoms with E-state index in [1.807, 2.05) is 13.1 Å². The van der Waals surface area contributed by atoms with Crippen molar-refractivity contribution in [2.45, 2.75) is 25.0 Å². The van der Waals surface area contributed by atoms with Gasteiger partial charge >= 0.3 is 0 Å². The maximum atomic E-state index is 10.4. The molecule has 4 nitrogen and oxygen atoms in total. The standard InChI is InChI=1S/C13H19ClN2O2/c1-16(9-12-8-11(14)2-5-15-12)10-13(17)3-6-18-7-4-13/h2,5,8,17H,3-4,6-7,9-10H2,1H3. The summed E-state index contributed by atoms with van der Waals surface area (Å²) in [4.78, 5) is 6.34. The van der Waals surface area contributed by atoms with Gasteiger partial charge in [0.05, 0.1) is 11.3 Å². The number of aromatic nitrogens is 1. The first-order valence-corrected chi connectivity index (χ1v) is 6.54. The molecule has 1 aromatic rings. The second kappa shape index (κ2) is 5.97. The van der Waals surface area contributed by atoms with Crippen LogP contribution in [0, 0.1) is 0 Å². The molecule has 0 amide bonds. The van der Waals surface area contributed by atoms with Crippen molar-refractivity contribution in [3.63, 3.8) is 0 Å². The van der Waals surface area contributed by atoms with Crippen LogP contribution >= 0.6 is 11.6 Å². The average molecular weight is 271 g/mol. The van der Waals surface area contributed by atoms with Crippen LogP contribution in [0.2, 0.25) is 5.02 Å². The molecule has 1 N–H and O–H groups in total. The third kappa shape index (κ3) is 3.92. The van der Waals surface area contributed by atoms with Crippen LogP contribution in [-0.2, 0) is 11.3 Å². The van der Waals surface area contributed by atoms with Crippen molar-refractivity contribution in [2.24, 2.45) is 0 Å². The molecule has 0 saturated carbocycles. The van der Waals surface area contributed by atoms with E-state index in [2.05, 4.69) is 9.88 Å². The van der Waals surface area contributed by atoms with E-state index in [-0.39, 0.29) is 0 Å². The molecule has 5 heteroatoms. The third-order valence-corrected chi connectivity index (χ3v) is 3.43. The van der Waals surface area contributed by atoms with E-state index in [9.17, 15) is 5.11 Å². The Kier molecular flexibility index (Phi) is 4.56. The fourth-order valence-electron chi connectivity index (χ4n) is 2.28. The Bertz CT molecular complexity index is 394. The Hall–Kier alpha value is -0.680. The molecule has 0 radical (unpaired) electrons. The largest absolute Gasteiger partial charge is 0.388 e. The molecule has 1 fully saturated rings. The first-order valence-electron chi connectivity index (χ1n) is 6.16. The molecule has 1 aromatic heterocycles. The lowest BCUT2D eigenvalue weighted by atomic mass is 9.94. The van der Waals surface area contributed by atoms with Crippen LogP contribution in [0.4, 0.5) is 0 Å². The van der Waals surface area contributed by atoms with Crippen molar-refractivity contribution in [1.82, 2.24) is 9.88 Å². The number of pyridine rings is 1. The Labute approximate surface area is 113 Å². The van der Waals surface area contributed by atoms with E-state index in [1.165, 1.54) is 0 Å². The van der Waals surface area contributed by atoms with Crippen LogP contribution in [0.3, 0.4) is 0 Å². The Morgan fingerprint density at radius 2 is 2.22 bits per heavy atom. The smallest absolute Gasteiger partial charge is 0.0817 e. The highest BCUT2D eigenvalue weighted by Crippen LogP contribution is 2.22. The van der Waals surface area contributed by atoms with Crippen LogP contribution in [0.15, 0.2) is 18.3 Å². The van der Waals surface area contributed by atoms with E-state index in [0.29, 0.717) is 44.2 Å². The van der Waals surface area contributed by atoms with Gasteiger partial charge in [0, 0.05) is 50.4 Å². The molecular formula is C13H19ClN2O2. The fraction of sp³-hybridized carbons (Fsp3) is 0.615. The number of hydrogen-bond acceptors (Lipinski definition) is 4. The number of nitrogens with zero attached hydrogens (tertiary/aromatic N) is 2. The van der Waals surface area contributed by atoms with Gasteiger partial charge in [0.2, 0.25) is 0 Å². The van der Waals surface area contributed by atoms with Gasteiger partial charge in [-0.1, -0.05) is 11.6 Å². The normalized spacial score (nSPS) is 19.1. The summed E-state index contributed by atoms with van der Waals surface area (Å²) in [6, 6.07) is 3.61. The van der Waals surface area contributed by atoms with Gasteiger partial charge in [-0.25, -0.2) is 0 Å². The summed E-state index contributed by atoms with van der Waals surface area (Å²) in [7, 11) is 1.98. The van der Waals surface area contributed by atoms with Gasteiger partial charge in [-0.2, -0.15) is 0 Å². The summed E-state index contributed by atoms with van der Waals surface area (Å²) >= 11 is 5.92. The molecule has 0 unspecified atom stereocenters. The maximum absolute atomic E-state index is 10.4. The summed E-state index contributed by atoms with van der Waals surface area (Å²) in [5, 5.41) is 11.1. The van der Waals surface area contributed by atoms with Gasteiger partial charge in [-0.3, -0.25) is 9.88 Å². The maximum Gasteiger partial charge on any atom is 0.0817 e. The monoisotopic (exact) mass is 270 g/mol. The first kappa shape index (κ1) is 13.7. The first-order chi connectivity index (χ1) is 8.57. The zero-order chi connectivity index (χ0) is 13.0. The number of ether oxygens (including phenoxy) is 1. The lowest BCUT2D eigenvalue weighted by molar-refractivity contribution is -0.0778. The quantitative estimate of drug-likeness (QED) is 0.905. The van der Waals surface area contributed by atoms with Gasteiger partial charge < -0.3 is 9.84 Å². The molecule has 2 heterocycles. The molecule has 0 aromatic carbocycles. The highest BCUT2D eigenvalue weighted by Gasteiger charge is 2.30. The average Bonchev–Trinajstić information content (AvgIpc) is 2.28. The minimum atomic E-state index is -0.633. The zero-order valence-electron chi connectivity index (χ0n) is 10.6. The number of halogens is 1. The lowest BCUT2D eigenvalue weighted by Gasteiger charge is -2.35. The molecule has 0 spiro atoms. The summed E-state index contributed by atoms with van der Waals surface area (Å²) in [6.07, 6.45) is 3.09. The van der Waals surface area contributed by atoms with Crippen LogP contribution in [0.25, 0.3) is 0 Å². The Morgan fingerprint density at radius 3 is 2.89 bits per heavy atom. The molecular weight excluding hydrogens is 252 g/mol. The summed E-state index contributed by atoms with van der Waals surface area (Å²) in [6.45, 7) is 2.59. The van der Waals surface area contributed by atoms with Crippen molar-refractivity contribution in [3.8, 4) is 0 Å². The Balaban J connectivity index is 1.90. The highest BCUT2D eigenvalue weighted by atomic mass is 35.5. The summed E-state index contributed by atoms with van der Waals surface area (Å²) in [5.41, 5.74) is 0.284. The molecule has 0 aliphatic carbocycles. The molecule has 0 bridgehead atoms. The number of likely N-dealkylation sites (N-methyl/N-ethyl adjacent to an activating group) is 1. The molecule has 1 aliphatic heterocycles. The van der Waals surface area contributed by atoms with Crippen LogP contribution in [-0.4, -0.2) is 47.4 Å². The van der Waals surface area contributed by atoms with Crippen molar-refractivity contribution in [2.75, 3.05) is 26.8 Å². The molecule has 0 atom stereocenters. The third-order valence-electron chi connectivity index (χ3n) is 3.20. The predicted octanol–water partition coefficient (Wildman–Crippen LogP) is 1.71. The number of rotatable bonds is 4. The van der Waals surface area contributed by atoms with Gasteiger partial charge in [0.25, 0.3) is 0 Å². The van der Waals surface area contributed by atoms with E-state index in [0.717, 1.165) is 5.69 Å². The van der Waals surface area contributed by atoms with E-state index >= 15 is 0 Å². The van der Waals surface area contributed by atoms with E-state index < -0.39 is 5.60 Å². The molecule has 18 heavy (non-hydrogen) atoms. The van der Waals surface area contributed by atoms with Gasteiger partial charge in [-0.15, -0.1) is 0 Å². The van der Waals surface area contributed by atoms with E-state index in [4.69, 9.17) is 16.3 Å². The minimum Gasteiger partial charge on any atom is -0.388 e. The molecule has 1 aliphatic rings. The van der Waals surface area contributed by atoms with Gasteiger partial charge in [0.1, 0.15) is 0 Å². The van der Waals surface area contributed by atoms with Crippen molar-refractivity contribution >= 4 is 11.6 Å². The SMILES string of the molecule is CN(Cc1cc(Cl)ccn1)CC1(O)CCOCC1. The van der Waals surface area contributed by atoms with Crippen LogP contribution < -0.4 is 0 Å². The Morgan fingerprint density at radius 1 is 1.50 bits per heavy atom. The zero-order valence-corrected chi connectivity index (χ0v) is 11.4. The van der Waals surface area contributed by atoms with Crippen molar-refractivity contribution < 1.29 is 9.84 Å². The molecule has 1 saturated heterocycles. The van der Waals surface area contributed by atoms with Crippen LogP contribution in [0.1, 0.15) is 18.5 Å². The second-order valence-electron chi connectivity index (χ2n) is 4.97. The minimum absolute atomic E-state index is 0.630. The summed E-state index contributed by atoms with van der Waals surface area (Å²) in [5.74, 6) is 0. The van der Waals surface area contributed by atoms with Crippen molar-refractivity contribution in [3.05, 3.63) is 29.0 Å². The lowest BCUT2D eigenvalue weighted by Crippen LogP contribution is -2.45. The topological polar surface area (TPSA) is 45.6 Å². The molecule has 100 valence electrons. The van der Waals surface area contributed by atoms with E-state index in [1.54, 1.807) is 12.3 Å². The predicted molar refractivity (Wildman–Crippen MR) is 70.6 cm³/mol. The summed E-state index contributed by atoms with van der Waals surface area (Å²) < 4.78 is 5.27. The van der Waals surface area contributed by atoms with Crippen molar-refractivity contribution in [1.29, 1.82) is 0 Å². The molecule has 2 rings (SSSR count). The van der Waals surface area contributed by atoms with Gasteiger partial charge in [-0.05, 0) is 19.2 Å². The second-order valence-corrected chi connectivity index (χ2v) is 5.41. The number of aliphatic hydroxyl groups is 1. The van der Waals surface area contributed by atoms with Crippen LogP contribution in [0.5, 0.6) is 0 Å². The number of hydrogen-bond donors (Lipinski definition) is 1. The van der Waals surface area contributed by atoms with Gasteiger partial charge in [0.15, 0.2) is 0 Å². The highest BCUT2D eigenvalue weighted by molar-refractivity contribution is 6.30.